The number of benzene rings is 3. The Kier molecular flexibility index (Phi) is 6.47. The number of rotatable bonds is 6. The number of likely N-dealkylation sites (N-methyl/N-ethyl adjacent to an activating group) is 1. The Morgan fingerprint density at radius 1 is 1.06 bits per heavy atom. The second-order valence-electron chi connectivity index (χ2n) is 8.54. The molecule has 5 heteroatoms. The lowest BCUT2D eigenvalue weighted by atomic mass is 9.95. The predicted molar refractivity (Wildman–Crippen MR) is 126 cm³/mol. The molecule has 164 valence electrons. The van der Waals surface area contributed by atoms with Crippen LogP contribution in [0.5, 0.6) is 0 Å². The highest BCUT2D eigenvalue weighted by atomic mass is 19.1. The zero-order chi connectivity index (χ0) is 22.7. The molecule has 4 nitrogen and oxygen atoms in total. The summed E-state index contributed by atoms with van der Waals surface area (Å²) in [4.78, 5) is 15.3. The summed E-state index contributed by atoms with van der Waals surface area (Å²) in [6.07, 6.45) is 0.557. The van der Waals surface area contributed by atoms with E-state index in [9.17, 15) is 9.18 Å². The van der Waals surface area contributed by atoms with Gasteiger partial charge in [0.15, 0.2) is 0 Å². The molecule has 1 heterocycles. The molecular formula is C27H28FN3O. The molecule has 1 atom stereocenters. The first-order valence-electron chi connectivity index (χ1n) is 10.9. The summed E-state index contributed by atoms with van der Waals surface area (Å²) in [5, 5.41) is 6.29. The van der Waals surface area contributed by atoms with Gasteiger partial charge in [0.05, 0.1) is 18.3 Å². The summed E-state index contributed by atoms with van der Waals surface area (Å²) in [7, 11) is 1.92. The number of hydrogen-bond acceptors (Lipinski definition) is 3. The highest BCUT2D eigenvalue weighted by Crippen LogP contribution is 2.34. The van der Waals surface area contributed by atoms with Gasteiger partial charge in [-0.05, 0) is 49.7 Å². The lowest BCUT2D eigenvalue weighted by Gasteiger charge is -2.25. The van der Waals surface area contributed by atoms with Crippen molar-refractivity contribution < 1.29 is 9.18 Å². The molecular weight excluding hydrogens is 401 g/mol. The summed E-state index contributed by atoms with van der Waals surface area (Å²) < 4.78 is 14.0. The van der Waals surface area contributed by atoms with Crippen LogP contribution in [0.15, 0.2) is 77.9 Å². The van der Waals surface area contributed by atoms with E-state index in [1.165, 1.54) is 17.7 Å². The quantitative estimate of drug-likeness (QED) is 0.536. The Balaban J connectivity index is 1.60. The van der Waals surface area contributed by atoms with Gasteiger partial charge in [0.1, 0.15) is 5.82 Å². The minimum Gasteiger partial charge on any atom is -0.293 e. The highest BCUT2D eigenvalue weighted by Gasteiger charge is 2.34. The van der Waals surface area contributed by atoms with Crippen molar-refractivity contribution in [3.05, 3.63) is 106 Å². The van der Waals surface area contributed by atoms with Crippen molar-refractivity contribution in [2.24, 2.45) is 5.10 Å². The molecule has 0 fully saturated rings. The number of nitrogens with zero attached hydrogens (tertiary/aromatic N) is 3. The molecule has 0 saturated carbocycles. The van der Waals surface area contributed by atoms with Crippen LogP contribution >= 0.6 is 0 Å². The van der Waals surface area contributed by atoms with Crippen LogP contribution in [-0.2, 0) is 11.3 Å². The first-order valence-corrected chi connectivity index (χ1v) is 10.9. The monoisotopic (exact) mass is 429 g/mol. The molecule has 3 aromatic rings. The molecule has 1 unspecified atom stereocenters. The number of hydrogen-bond donors (Lipinski definition) is 0. The third-order valence-electron chi connectivity index (χ3n) is 5.79. The Labute approximate surface area is 189 Å². The number of hydrazone groups is 1. The van der Waals surface area contributed by atoms with Gasteiger partial charge in [0, 0.05) is 18.5 Å². The molecule has 1 aliphatic rings. The number of aryl methyl sites for hydroxylation is 2. The second kappa shape index (κ2) is 9.45. The fourth-order valence-electron chi connectivity index (χ4n) is 4.27. The maximum absolute atomic E-state index is 14.0. The van der Waals surface area contributed by atoms with Crippen LogP contribution in [0.3, 0.4) is 0 Å². The number of halogens is 1. The molecule has 4 rings (SSSR count). The van der Waals surface area contributed by atoms with Crippen LogP contribution in [0, 0.1) is 19.7 Å². The Morgan fingerprint density at radius 3 is 2.56 bits per heavy atom. The Morgan fingerprint density at radius 2 is 1.84 bits per heavy atom. The lowest BCUT2D eigenvalue weighted by molar-refractivity contribution is -0.134. The Bertz CT molecular complexity index is 1140. The van der Waals surface area contributed by atoms with Crippen molar-refractivity contribution in [2.75, 3.05) is 13.6 Å². The van der Waals surface area contributed by atoms with E-state index in [4.69, 9.17) is 5.10 Å². The van der Waals surface area contributed by atoms with Gasteiger partial charge in [0.2, 0.25) is 0 Å². The summed E-state index contributed by atoms with van der Waals surface area (Å²) in [6, 6.07) is 22.4. The minimum absolute atomic E-state index is 0.0996. The van der Waals surface area contributed by atoms with Gasteiger partial charge in [-0.3, -0.25) is 9.69 Å². The van der Waals surface area contributed by atoms with Crippen LogP contribution in [0.25, 0.3) is 0 Å². The van der Waals surface area contributed by atoms with Crippen molar-refractivity contribution in [2.45, 2.75) is 32.9 Å². The zero-order valence-corrected chi connectivity index (χ0v) is 18.8. The summed E-state index contributed by atoms with van der Waals surface area (Å²) in [6.45, 7) is 5.00. The Hall–Kier alpha value is -3.31. The highest BCUT2D eigenvalue weighted by molar-refractivity contribution is 6.04. The van der Waals surface area contributed by atoms with Gasteiger partial charge in [-0.15, -0.1) is 0 Å². The maximum atomic E-state index is 14.0. The minimum atomic E-state index is -0.320. The summed E-state index contributed by atoms with van der Waals surface area (Å²) >= 11 is 0. The van der Waals surface area contributed by atoms with E-state index in [-0.39, 0.29) is 24.3 Å². The van der Waals surface area contributed by atoms with Crippen LogP contribution < -0.4 is 0 Å². The topological polar surface area (TPSA) is 35.9 Å². The van der Waals surface area contributed by atoms with E-state index in [1.807, 2.05) is 48.3 Å². The first kappa shape index (κ1) is 21.9. The van der Waals surface area contributed by atoms with Crippen molar-refractivity contribution in [3.63, 3.8) is 0 Å². The second-order valence-corrected chi connectivity index (χ2v) is 8.54. The van der Waals surface area contributed by atoms with E-state index in [0.717, 1.165) is 28.0 Å². The van der Waals surface area contributed by atoms with Gasteiger partial charge >= 0.3 is 0 Å². The average molecular weight is 430 g/mol. The van der Waals surface area contributed by atoms with Gasteiger partial charge in [0.25, 0.3) is 5.91 Å². The smallest absolute Gasteiger partial charge is 0.257 e. The van der Waals surface area contributed by atoms with Crippen molar-refractivity contribution in [3.8, 4) is 0 Å². The van der Waals surface area contributed by atoms with E-state index in [2.05, 4.69) is 32.0 Å². The average Bonchev–Trinajstić information content (AvgIpc) is 3.20. The normalized spacial score (nSPS) is 15.8. The molecule has 32 heavy (non-hydrogen) atoms. The van der Waals surface area contributed by atoms with E-state index in [1.54, 1.807) is 11.1 Å². The van der Waals surface area contributed by atoms with Gasteiger partial charge in [-0.25, -0.2) is 9.40 Å². The number of carbonyl (C=O) groups excluding carboxylic acids is 1. The van der Waals surface area contributed by atoms with Gasteiger partial charge in [-0.1, -0.05) is 66.2 Å². The molecule has 0 aliphatic carbocycles. The van der Waals surface area contributed by atoms with E-state index in [0.29, 0.717) is 13.0 Å². The fourth-order valence-corrected chi connectivity index (χ4v) is 4.27. The molecule has 1 amide bonds. The third-order valence-corrected chi connectivity index (χ3v) is 5.79. The molecule has 1 aliphatic heterocycles. The van der Waals surface area contributed by atoms with Crippen LogP contribution in [0.2, 0.25) is 0 Å². The fraction of sp³-hybridized carbons (Fsp3) is 0.259. The molecule has 0 radical (unpaired) electrons. The summed E-state index contributed by atoms with van der Waals surface area (Å²) in [5.41, 5.74) is 6.10. The van der Waals surface area contributed by atoms with Crippen molar-refractivity contribution in [1.29, 1.82) is 0 Å². The molecule has 0 N–H and O–H groups in total. The van der Waals surface area contributed by atoms with Gasteiger partial charge in [-0.2, -0.15) is 5.10 Å². The number of amides is 1. The van der Waals surface area contributed by atoms with Crippen LogP contribution in [-0.4, -0.2) is 35.1 Å². The lowest BCUT2D eigenvalue weighted by Crippen LogP contribution is -2.36. The molecule has 0 bridgehead atoms. The van der Waals surface area contributed by atoms with Crippen LogP contribution in [0.4, 0.5) is 4.39 Å². The number of carbonyl (C=O) groups is 1. The van der Waals surface area contributed by atoms with Gasteiger partial charge < -0.3 is 0 Å². The summed E-state index contributed by atoms with van der Waals surface area (Å²) in [5.74, 6) is -0.409. The predicted octanol–water partition coefficient (Wildman–Crippen LogP) is 5.25. The first-order chi connectivity index (χ1) is 15.4. The molecule has 0 aromatic heterocycles. The zero-order valence-electron chi connectivity index (χ0n) is 18.8. The third kappa shape index (κ3) is 4.94. The van der Waals surface area contributed by atoms with Crippen LogP contribution in [0.1, 0.15) is 40.3 Å². The molecule has 3 aromatic carbocycles. The molecule has 0 spiro atoms. The van der Waals surface area contributed by atoms with Crippen molar-refractivity contribution in [1.82, 2.24) is 9.91 Å². The van der Waals surface area contributed by atoms with E-state index >= 15 is 0 Å². The molecule has 0 saturated heterocycles. The standard InChI is InChI=1S/C27H28FN3O/c1-19-12-13-24(20(2)14-19)25-16-26(22-10-7-11-23(28)15-22)31(29-25)27(32)18-30(3)17-21-8-5-4-6-9-21/h4-15,26H,16-18H2,1-3H3. The van der Waals surface area contributed by atoms with E-state index < -0.39 is 0 Å². The SMILES string of the molecule is Cc1ccc(C2=NN(C(=O)CN(C)Cc3ccccc3)C(c3cccc(F)c3)C2)c(C)c1. The largest absolute Gasteiger partial charge is 0.293 e. The maximum Gasteiger partial charge on any atom is 0.257 e. The van der Waals surface area contributed by atoms with Crippen molar-refractivity contribution >= 4 is 11.6 Å².